The minimum Gasteiger partial charge on any atom is -0.471 e. The average molecular weight is 499 g/mol. The molecule has 0 saturated heterocycles. The van der Waals surface area contributed by atoms with Crippen molar-refractivity contribution in [3.05, 3.63) is 59.5 Å². The van der Waals surface area contributed by atoms with Crippen LogP contribution in [-0.2, 0) is 19.6 Å². The Balaban J connectivity index is 1.98. The van der Waals surface area contributed by atoms with Crippen molar-refractivity contribution in [2.75, 3.05) is 26.5 Å². The Morgan fingerprint density at radius 1 is 1.03 bits per heavy atom. The molecule has 13 heteroatoms. The first-order valence-corrected chi connectivity index (χ1v) is 11.7. The largest absolute Gasteiger partial charge is 0.471 e. The number of ether oxygens (including phenoxy) is 1. The van der Waals surface area contributed by atoms with Gasteiger partial charge < -0.3 is 9.15 Å². The monoisotopic (exact) mass is 498 g/mol. The maximum atomic E-state index is 12.4. The van der Waals surface area contributed by atoms with Gasteiger partial charge in [0.05, 0.1) is 12.2 Å². The number of carbonyl (C=O) groups is 2. The van der Waals surface area contributed by atoms with E-state index in [2.05, 4.69) is 10.3 Å². The van der Waals surface area contributed by atoms with Gasteiger partial charge in [-0.3, -0.25) is 20.2 Å². The van der Waals surface area contributed by atoms with Crippen LogP contribution in [0.15, 0.2) is 47.3 Å². The number of nitrogens with zero attached hydrogens (tertiary/aromatic N) is 2. The summed E-state index contributed by atoms with van der Waals surface area (Å²) in [6.45, 7) is 1.79. The van der Waals surface area contributed by atoms with Gasteiger partial charge in [-0.25, -0.2) is 13.2 Å². The number of sulfonamides is 1. The van der Waals surface area contributed by atoms with Gasteiger partial charge in [-0.1, -0.05) is 54.8 Å². The van der Waals surface area contributed by atoms with Crippen molar-refractivity contribution in [1.29, 1.82) is 0 Å². The third-order valence-corrected chi connectivity index (χ3v) is 6.10. The van der Waals surface area contributed by atoms with Gasteiger partial charge in [-0.2, -0.15) is 0 Å². The minimum atomic E-state index is -4.14. The zero-order valence-corrected chi connectivity index (χ0v) is 20.0. The fraction of sp³-hybridized carbons (Fsp3) is 0.263. The molecule has 0 atom stereocenters. The lowest BCUT2D eigenvalue weighted by atomic mass is 10.2. The summed E-state index contributed by atoms with van der Waals surface area (Å²) in [5, 5.41) is 2.25. The lowest BCUT2D eigenvalue weighted by molar-refractivity contribution is -0.121. The van der Waals surface area contributed by atoms with Crippen LogP contribution in [0.25, 0.3) is 0 Å². The van der Waals surface area contributed by atoms with Crippen LogP contribution in [0.3, 0.4) is 0 Å². The molecule has 0 aliphatic carbocycles. The van der Waals surface area contributed by atoms with Gasteiger partial charge in [-0.05, 0) is 6.92 Å². The van der Waals surface area contributed by atoms with Crippen LogP contribution in [0.2, 0.25) is 0 Å². The third-order valence-electron chi connectivity index (χ3n) is 3.91. The van der Waals surface area contributed by atoms with Crippen molar-refractivity contribution >= 4 is 56.3 Å². The number of furan rings is 1. The van der Waals surface area contributed by atoms with Crippen LogP contribution in [-0.4, -0.2) is 66.7 Å². The highest BCUT2D eigenvalue weighted by Gasteiger charge is 2.25. The Labute approximate surface area is 196 Å². The Kier molecular flexibility index (Phi) is 8.83. The molecule has 0 radical (unpaired) electrons. The fourth-order valence-corrected chi connectivity index (χ4v) is 3.94. The highest BCUT2D eigenvalue weighted by atomic mass is 32.2. The molecule has 10 nitrogen and oxygen atoms in total. The number of nitrogens with one attached hydrogen (secondary N) is 2. The van der Waals surface area contributed by atoms with E-state index >= 15 is 0 Å². The fourth-order valence-electron chi connectivity index (χ4n) is 2.51. The molecule has 1 heterocycles. The Morgan fingerprint density at radius 2 is 1.66 bits per heavy atom. The highest BCUT2D eigenvalue weighted by Crippen LogP contribution is 2.15. The number of esters is 1. The molecule has 0 saturated carbocycles. The smallest absolute Gasteiger partial charge is 0.342 e. The predicted molar refractivity (Wildman–Crippen MR) is 125 cm³/mol. The maximum absolute atomic E-state index is 12.4. The first-order valence-electron chi connectivity index (χ1n) is 9.19. The number of hydrogen-bond acceptors (Lipinski definition) is 8. The summed E-state index contributed by atoms with van der Waals surface area (Å²) < 4.78 is 34.8. The standard InChI is InChI=1S/C19H22N4O6S3/c1-4-29-19(25)15-11-28-10-14(15)18(31)23(3)21-32(26,27)12-16(24)20-22(2)17(30)13-8-6-5-7-9-13/h5-11,21H,4,12H2,1-3H3,(H,20,24). The molecule has 0 spiro atoms. The number of rotatable bonds is 8. The van der Waals surface area contributed by atoms with Gasteiger partial charge in [0.25, 0.3) is 5.91 Å². The molecule has 0 unspecified atom stereocenters. The van der Waals surface area contributed by atoms with Crippen molar-refractivity contribution in [2.24, 2.45) is 0 Å². The van der Waals surface area contributed by atoms with Crippen LogP contribution in [0.1, 0.15) is 28.4 Å². The number of amides is 1. The predicted octanol–water partition coefficient (Wildman–Crippen LogP) is 1.24. The van der Waals surface area contributed by atoms with Gasteiger partial charge in [0.2, 0.25) is 10.0 Å². The van der Waals surface area contributed by atoms with Crippen LogP contribution in [0.4, 0.5) is 0 Å². The SMILES string of the molecule is CCOC(=O)c1cocc1C(=S)N(C)NS(=O)(=O)CC(=O)NN(C)C(=S)c1ccccc1. The van der Waals surface area contributed by atoms with Gasteiger partial charge in [-0.15, -0.1) is 4.83 Å². The second kappa shape index (κ2) is 11.1. The molecule has 2 N–H and O–H groups in total. The van der Waals surface area contributed by atoms with E-state index in [9.17, 15) is 18.0 Å². The number of hydrogen-bond donors (Lipinski definition) is 2. The van der Waals surface area contributed by atoms with Crippen LogP contribution >= 0.6 is 24.4 Å². The molecule has 0 aliphatic heterocycles. The molecule has 172 valence electrons. The van der Waals surface area contributed by atoms with Crippen molar-refractivity contribution in [1.82, 2.24) is 20.3 Å². The number of thiocarbonyl (C=S) groups is 2. The molecule has 0 fully saturated rings. The molecule has 2 rings (SSSR count). The van der Waals surface area contributed by atoms with Crippen LogP contribution in [0, 0.1) is 0 Å². The topological polar surface area (TPSA) is 121 Å². The second-order valence-corrected chi connectivity index (χ2v) is 8.87. The summed E-state index contributed by atoms with van der Waals surface area (Å²) in [4.78, 5) is 26.7. The van der Waals surface area contributed by atoms with Crippen molar-refractivity contribution < 1.29 is 27.2 Å². The summed E-state index contributed by atoms with van der Waals surface area (Å²) >= 11 is 10.5. The van der Waals surface area contributed by atoms with Crippen molar-refractivity contribution in [3.8, 4) is 0 Å². The zero-order chi connectivity index (χ0) is 23.9. The molecule has 1 amide bonds. The number of carbonyl (C=O) groups excluding carboxylic acids is 2. The highest BCUT2D eigenvalue weighted by molar-refractivity contribution is 7.90. The molecule has 0 aliphatic rings. The summed E-state index contributed by atoms with van der Waals surface area (Å²) in [5.41, 5.74) is 3.32. The van der Waals surface area contributed by atoms with E-state index in [0.29, 0.717) is 10.6 Å². The lowest BCUT2D eigenvalue weighted by Gasteiger charge is -2.23. The van der Waals surface area contributed by atoms with E-state index in [-0.39, 0.29) is 22.7 Å². The molecule has 1 aromatic carbocycles. The number of benzene rings is 1. The Hall–Kier alpha value is -2.87. The summed E-state index contributed by atoms with van der Waals surface area (Å²) in [5.74, 6) is -2.36. The van der Waals surface area contributed by atoms with Gasteiger partial charge in [0, 0.05) is 19.7 Å². The Morgan fingerprint density at radius 3 is 2.28 bits per heavy atom. The van der Waals surface area contributed by atoms with E-state index in [1.807, 2.05) is 6.07 Å². The van der Waals surface area contributed by atoms with Crippen LogP contribution < -0.4 is 10.3 Å². The van der Waals surface area contributed by atoms with E-state index in [1.54, 1.807) is 31.2 Å². The summed E-state index contributed by atoms with van der Waals surface area (Å²) in [6, 6.07) is 8.93. The van der Waals surface area contributed by atoms with E-state index < -0.39 is 27.7 Å². The number of hydrazine groups is 2. The maximum Gasteiger partial charge on any atom is 0.342 e. The minimum absolute atomic E-state index is 0.0480. The molecule has 1 aromatic heterocycles. The molecule has 2 aromatic rings. The van der Waals surface area contributed by atoms with E-state index in [0.717, 1.165) is 11.3 Å². The summed E-state index contributed by atoms with van der Waals surface area (Å²) in [6.07, 6.45) is 2.35. The quantitative estimate of drug-likeness (QED) is 0.312. The third kappa shape index (κ3) is 6.82. The molecule has 32 heavy (non-hydrogen) atoms. The van der Waals surface area contributed by atoms with E-state index in [4.69, 9.17) is 33.6 Å². The first-order chi connectivity index (χ1) is 15.1. The lowest BCUT2D eigenvalue weighted by Crippen LogP contribution is -2.49. The molecular formula is C19H22N4O6S3. The second-order valence-electron chi connectivity index (χ2n) is 6.40. The molecule has 0 bridgehead atoms. The first kappa shape index (κ1) is 25.4. The summed E-state index contributed by atoms with van der Waals surface area (Å²) in [7, 11) is -1.30. The van der Waals surface area contributed by atoms with Crippen molar-refractivity contribution in [2.45, 2.75) is 6.92 Å². The van der Waals surface area contributed by atoms with Gasteiger partial charge in [0.15, 0.2) is 0 Å². The zero-order valence-electron chi connectivity index (χ0n) is 17.5. The molecular weight excluding hydrogens is 476 g/mol. The normalized spacial score (nSPS) is 10.8. The Bertz CT molecular complexity index is 1100. The van der Waals surface area contributed by atoms with Crippen molar-refractivity contribution in [3.63, 3.8) is 0 Å². The van der Waals surface area contributed by atoms with Gasteiger partial charge >= 0.3 is 5.97 Å². The average Bonchev–Trinajstić information content (AvgIpc) is 3.22. The van der Waals surface area contributed by atoms with E-state index in [1.165, 1.54) is 25.4 Å². The van der Waals surface area contributed by atoms with Crippen LogP contribution in [0.5, 0.6) is 0 Å². The van der Waals surface area contributed by atoms with Gasteiger partial charge in [0.1, 0.15) is 33.8 Å².